The number of likely N-dealkylation sites (N-methyl/N-ethyl adjacent to an activating group) is 2. The number of rotatable bonds is 15. The van der Waals surface area contributed by atoms with E-state index in [-0.39, 0.29) is 49.2 Å². The summed E-state index contributed by atoms with van der Waals surface area (Å²) < 4.78 is 35.1. The van der Waals surface area contributed by atoms with Crippen LogP contribution in [-0.2, 0) is 27.2 Å². The van der Waals surface area contributed by atoms with E-state index in [4.69, 9.17) is 4.74 Å². The molecule has 2 rings (SSSR count). The molecule has 11 nitrogen and oxygen atoms in total. The van der Waals surface area contributed by atoms with Gasteiger partial charge in [0.25, 0.3) is 11.1 Å². The molecule has 0 radical (unpaired) electrons. The first kappa shape index (κ1) is 45.3. The molecule has 14 heteroatoms. The van der Waals surface area contributed by atoms with E-state index in [9.17, 15) is 33.1 Å². The maximum atomic E-state index is 14.0. The molecule has 0 aliphatic rings. The molecule has 2 aromatic heterocycles. The Kier molecular flexibility index (Phi) is 21.5. The van der Waals surface area contributed by atoms with Crippen LogP contribution in [0.2, 0.25) is 0 Å². The van der Waals surface area contributed by atoms with Crippen molar-refractivity contribution in [2.45, 2.75) is 72.4 Å². The van der Waals surface area contributed by atoms with Crippen molar-refractivity contribution in [3.8, 4) is 0 Å². The summed E-state index contributed by atoms with van der Waals surface area (Å²) in [5.41, 5.74) is -0.349. The van der Waals surface area contributed by atoms with Crippen molar-refractivity contribution in [2.24, 2.45) is 11.8 Å². The van der Waals surface area contributed by atoms with Crippen LogP contribution in [0.5, 0.6) is 0 Å². The summed E-state index contributed by atoms with van der Waals surface area (Å²) >= 11 is 0. The van der Waals surface area contributed by atoms with Crippen LogP contribution in [-0.4, -0.2) is 89.3 Å². The summed E-state index contributed by atoms with van der Waals surface area (Å²) in [5.74, 6) is -3.08. The Morgan fingerprint density at radius 2 is 1.17 bits per heavy atom. The van der Waals surface area contributed by atoms with E-state index in [1.54, 1.807) is 13.1 Å². The number of hydrogen-bond acceptors (Lipinski definition) is 8. The predicted octanol–water partition coefficient (Wildman–Crippen LogP) is 0.832. The minimum atomic E-state index is -1.12. The van der Waals surface area contributed by atoms with Gasteiger partial charge in [-0.3, -0.25) is 18.7 Å². The first-order chi connectivity index (χ1) is 20.5. The SMILES string of the molecule is CC(C)CC(C(=O)O)n1cc(CCN(C)C)cc(F)c1=O.CCOC(=O)C(CC(C)C)n1cc(CCN(C)C)cc(F)c1=O.[Li+].[OH-]. The summed E-state index contributed by atoms with van der Waals surface area (Å²) in [5, 5.41) is 9.31. The van der Waals surface area contributed by atoms with E-state index >= 15 is 0 Å². The Morgan fingerprint density at radius 1 is 0.804 bits per heavy atom. The molecule has 0 saturated carbocycles. The average molecular weight is 649 g/mol. The summed E-state index contributed by atoms with van der Waals surface area (Å²) in [6.07, 6.45) is 4.91. The fourth-order valence-corrected chi connectivity index (χ4v) is 4.47. The number of aliphatic carboxylic acids is 1. The number of pyridine rings is 2. The van der Waals surface area contributed by atoms with Gasteiger partial charge in [0, 0.05) is 25.5 Å². The number of halogens is 2. The molecule has 0 fully saturated rings. The molecule has 0 spiro atoms. The zero-order valence-corrected chi connectivity index (χ0v) is 29.0. The maximum absolute atomic E-state index is 14.0. The third-order valence-corrected chi connectivity index (χ3v) is 6.71. The summed E-state index contributed by atoms with van der Waals surface area (Å²) in [4.78, 5) is 51.6. The molecule has 46 heavy (non-hydrogen) atoms. The molecule has 256 valence electrons. The van der Waals surface area contributed by atoms with Crippen molar-refractivity contribution in [3.63, 3.8) is 0 Å². The summed E-state index contributed by atoms with van der Waals surface area (Å²) in [6, 6.07) is 0.610. The molecule has 0 aliphatic carbocycles. The number of carbonyl (C=O) groups excluding carboxylic acids is 1. The fourth-order valence-electron chi connectivity index (χ4n) is 4.47. The van der Waals surface area contributed by atoms with Crippen molar-refractivity contribution in [2.75, 3.05) is 47.9 Å². The van der Waals surface area contributed by atoms with Gasteiger partial charge >= 0.3 is 30.8 Å². The Morgan fingerprint density at radius 3 is 1.50 bits per heavy atom. The van der Waals surface area contributed by atoms with Crippen LogP contribution in [0.25, 0.3) is 0 Å². The predicted molar refractivity (Wildman–Crippen MR) is 169 cm³/mol. The number of aromatic nitrogens is 2. The normalized spacial score (nSPS) is 12.2. The molecule has 2 aromatic rings. The minimum absolute atomic E-state index is 0. The molecule has 2 heterocycles. The van der Waals surface area contributed by atoms with Gasteiger partial charge in [-0.05, 0) is 95.9 Å². The van der Waals surface area contributed by atoms with Crippen LogP contribution in [0.3, 0.4) is 0 Å². The zero-order valence-electron chi connectivity index (χ0n) is 29.0. The van der Waals surface area contributed by atoms with Crippen molar-refractivity contribution in [1.82, 2.24) is 18.9 Å². The summed E-state index contributed by atoms with van der Waals surface area (Å²) in [7, 11) is 7.63. The van der Waals surface area contributed by atoms with Crippen molar-refractivity contribution in [1.29, 1.82) is 0 Å². The van der Waals surface area contributed by atoms with Crippen LogP contribution in [0.15, 0.2) is 34.1 Å². The number of ether oxygens (including phenoxy) is 1. The first-order valence-corrected chi connectivity index (χ1v) is 15.0. The molecular weight excluding hydrogens is 597 g/mol. The topological polar surface area (TPSA) is 144 Å². The molecule has 2 N–H and O–H groups in total. The van der Waals surface area contributed by atoms with Crippen molar-refractivity contribution < 1.29 is 52.6 Å². The number of nitrogens with zero attached hydrogens (tertiary/aromatic N) is 4. The monoisotopic (exact) mass is 648 g/mol. The standard InChI is InChI=1S/C17H27FN2O3.C15H23FN2O3.Li.H2O/c1-6-23-17(22)15(9-12(2)3)20-11-13(7-8-19(4)5)10-14(18)16(20)21;1-10(2)7-13(15(20)21)18-9-11(5-6-17(3)4)8-12(16)14(18)19;;/h10-12,15H,6-9H2,1-5H3;8-10,13H,5-7H2,1-4H3,(H,20,21);;1H2/q;;+1;/p-1. The average Bonchev–Trinajstić information content (AvgIpc) is 2.91. The largest absolute Gasteiger partial charge is 1.00 e. The Balaban J connectivity index is 0. The van der Waals surface area contributed by atoms with Gasteiger partial charge in [-0.25, -0.2) is 18.4 Å². The van der Waals surface area contributed by atoms with Gasteiger partial charge in [0.2, 0.25) is 0 Å². The molecule has 0 aromatic carbocycles. The van der Waals surface area contributed by atoms with Gasteiger partial charge in [0.05, 0.1) is 6.61 Å². The van der Waals surface area contributed by atoms with E-state index in [1.165, 1.54) is 22.9 Å². The van der Waals surface area contributed by atoms with Crippen LogP contribution in [0, 0.1) is 23.5 Å². The van der Waals surface area contributed by atoms with Crippen LogP contribution in [0.4, 0.5) is 8.78 Å². The number of esters is 1. The van der Waals surface area contributed by atoms with E-state index in [0.717, 1.165) is 11.1 Å². The quantitative estimate of drug-likeness (QED) is 0.219. The Hall–Kier alpha value is -2.82. The van der Waals surface area contributed by atoms with Gasteiger partial charge in [-0.2, -0.15) is 0 Å². The third-order valence-electron chi connectivity index (χ3n) is 6.71. The van der Waals surface area contributed by atoms with Crippen molar-refractivity contribution in [3.05, 3.63) is 68.0 Å². The molecule has 0 saturated heterocycles. The zero-order chi connectivity index (χ0) is 33.7. The molecule has 0 aliphatic heterocycles. The van der Waals surface area contributed by atoms with Crippen LogP contribution in [0.1, 0.15) is 70.7 Å². The second-order valence-electron chi connectivity index (χ2n) is 12.3. The van der Waals surface area contributed by atoms with Gasteiger partial charge in [-0.15, -0.1) is 0 Å². The van der Waals surface area contributed by atoms with E-state index in [2.05, 4.69) is 0 Å². The maximum Gasteiger partial charge on any atom is 1.00 e. The first-order valence-electron chi connectivity index (χ1n) is 15.0. The molecular formula is C32H51F2LiN4O7. The van der Waals surface area contributed by atoms with Crippen molar-refractivity contribution >= 4 is 11.9 Å². The number of carboxylic acid groups (broad SMARTS) is 1. The Bertz CT molecular complexity index is 1350. The number of carboxylic acids is 1. The third kappa shape index (κ3) is 15.2. The smallest absolute Gasteiger partial charge is 0.870 e. The van der Waals surface area contributed by atoms with E-state index in [0.29, 0.717) is 36.9 Å². The Labute approximate surface area is 283 Å². The second kappa shape index (κ2) is 21.9. The molecule has 0 bridgehead atoms. The molecule has 2 atom stereocenters. The van der Waals surface area contributed by atoms with Gasteiger partial charge in [0.1, 0.15) is 12.1 Å². The van der Waals surface area contributed by atoms with E-state index < -0.39 is 46.8 Å². The van der Waals surface area contributed by atoms with E-state index in [1.807, 2.05) is 65.7 Å². The number of hydrogen-bond donors (Lipinski definition) is 1. The van der Waals surface area contributed by atoms with Crippen LogP contribution < -0.4 is 30.0 Å². The summed E-state index contributed by atoms with van der Waals surface area (Å²) in [6.45, 7) is 11.0. The molecule has 2 unspecified atom stereocenters. The van der Waals surface area contributed by atoms with Gasteiger partial charge < -0.3 is 25.1 Å². The number of carbonyl (C=O) groups is 2. The van der Waals surface area contributed by atoms with Gasteiger partial charge in [-0.1, -0.05) is 27.7 Å². The van der Waals surface area contributed by atoms with Crippen LogP contribution >= 0.6 is 0 Å². The molecule has 0 amide bonds. The van der Waals surface area contributed by atoms with Gasteiger partial charge in [0.15, 0.2) is 11.6 Å². The second-order valence-corrected chi connectivity index (χ2v) is 12.3. The minimum Gasteiger partial charge on any atom is -0.870 e. The fraction of sp³-hybridized carbons (Fsp3) is 0.625.